The van der Waals surface area contributed by atoms with Gasteiger partial charge in [-0.1, -0.05) is 18.2 Å². The van der Waals surface area contributed by atoms with Crippen molar-refractivity contribution in [3.8, 4) is 11.3 Å². The average Bonchev–Trinajstić information content (AvgIpc) is 3.03. The van der Waals surface area contributed by atoms with Crippen molar-refractivity contribution in [1.82, 2.24) is 25.5 Å². The van der Waals surface area contributed by atoms with Crippen LogP contribution in [-0.4, -0.2) is 93.5 Å². The molecule has 3 aromatic rings. The fourth-order valence-corrected chi connectivity index (χ4v) is 5.74. The number of alkyl carbamates (subject to hydrolysis) is 1. The number of pyridine rings is 2. The largest absolute Gasteiger partial charge is 0.447 e. The first kappa shape index (κ1) is 29.7. The minimum Gasteiger partial charge on any atom is -0.447 e. The summed E-state index contributed by atoms with van der Waals surface area (Å²) in [6.45, 7) is 5.87. The summed E-state index contributed by atoms with van der Waals surface area (Å²) in [6, 6.07) is 13.8. The third-order valence-electron chi connectivity index (χ3n) is 8.41. The van der Waals surface area contributed by atoms with E-state index in [0.29, 0.717) is 37.1 Å². The molecule has 0 bridgehead atoms. The van der Waals surface area contributed by atoms with Gasteiger partial charge >= 0.3 is 6.09 Å². The van der Waals surface area contributed by atoms with Crippen LogP contribution in [0.25, 0.3) is 22.2 Å². The number of rotatable bonds is 10. The molecule has 0 spiro atoms. The van der Waals surface area contributed by atoms with Crippen LogP contribution in [-0.2, 0) is 9.47 Å². The van der Waals surface area contributed by atoms with Crippen LogP contribution in [0.5, 0.6) is 0 Å². The average molecular weight is 575 g/mol. The quantitative estimate of drug-likeness (QED) is 0.351. The van der Waals surface area contributed by atoms with Gasteiger partial charge in [0.15, 0.2) is 0 Å². The normalized spacial score (nSPS) is 19.4. The van der Waals surface area contributed by atoms with E-state index < -0.39 is 6.09 Å². The van der Waals surface area contributed by atoms with Crippen molar-refractivity contribution < 1.29 is 19.1 Å². The Labute approximate surface area is 247 Å². The highest BCUT2D eigenvalue weighted by Crippen LogP contribution is 2.29. The number of likely N-dealkylation sites (N-methyl/N-ethyl adjacent to an activating group) is 1. The summed E-state index contributed by atoms with van der Waals surface area (Å²) < 4.78 is 9.96. The lowest BCUT2D eigenvalue weighted by Crippen LogP contribution is -2.44. The standard InChI is InChI=1S/C32H42N6O4/c1-37-13-15-38(16-14-37)30-12-11-25(22-33-30)29-19-27(26-5-3-4-6-28(26)36-29)31(39)34-20-23-7-9-24(10-8-23)21-35-32(40)42-18-17-41-2/h3-6,11-12,19,22-24H,7-10,13-18,20-21H2,1-2H3,(H,34,39)(H,35,40). The topological polar surface area (TPSA) is 109 Å². The number of amides is 2. The minimum absolute atomic E-state index is 0.0838. The second-order valence-corrected chi connectivity index (χ2v) is 11.4. The van der Waals surface area contributed by atoms with Crippen LogP contribution >= 0.6 is 0 Å². The van der Waals surface area contributed by atoms with E-state index in [0.717, 1.165) is 79.8 Å². The smallest absolute Gasteiger partial charge is 0.407 e. The lowest BCUT2D eigenvalue weighted by Gasteiger charge is -2.33. The van der Waals surface area contributed by atoms with E-state index in [-0.39, 0.29) is 12.5 Å². The Balaban J connectivity index is 1.18. The molecular formula is C32H42N6O4. The number of benzene rings is 1. The number of hydrogen-bond acceptors (Lipinski definition) is 8. The predicted octanol–water partition coefficient (Wildman–Crippen LogP) is 3.96. The van der Waals surface area contributed by atoms with E-state index in [1.807, 2.05) is 48.7 Å². The Morgan fingerprint density at radius 1 is 0.929 bits per heavy atom. The predicted molar refractivity (Wildman–Crippen MR) is 164 cm³/mol. The second kappa shape index (κ2) is 14.4. The fourth-order valence-electron chi connectivity index (χ4n) is 5.74. The van der Waals surface area contributed by atoms with Gasteiger partial charge < -0.3 is 29.9 Å². The molecule has 2 fully saturated rings. The zero-order valence-corrected chi connectivity index (χ0v) is 24.7. The molecule has 3 heterocycles. The molecule has 10 heteroatoms. The molecule has 1 aliphatic carbocycles. The number of carbonyl (C=O) groups is 2. The van der Waals surface area contributed by atoms with Gasteiger partial charge in [-0.25, -0.2) is 14.8 Å². The number of anilines is 1. The van der Waals surface area contributed by atoms with Crippen LogP contribution in [0.2, 0.25) is 0 Å². The monoisotopic (exact) mass is 574 g/mol. The Bertz CT molecular complexity index is 1330. The van der Waals surface area contributed by atoms with Crippen LogP contribution in [0.4, 0.5) is 10.6 Å². The Kier molecular flexibility index (Phi) is 10.2. The molecule has 0 atom stereocenters. The van der Waals surface area contributed by atoms with Crippen LogP contribution in [0.1, 0.15) is 36.0 Å². The van der Waals surface area contributed by atoms with E-state index in [2.05, 4.69) is 27.5 Å². The maximum atomic E-state index is 13.5. The summed E-state index contributed by atoms with van der Waals surface area (Å²) in [6.07, 6.45) is 5.51. The van der Waals surface area contributed by atoms with Crippen molar-refractivity contribution in [2.24, 2.45) is 11.8 Å². The first-order chi connectivity index (χ1) is 20.5. The van der Waals surface area contributed by atoms with Crippen LogP contribution < -0.4 is 15.5 Å². The molecule has 2 N–H and O–H groups in total. The molecule has 42 heavy (non-hydrogen) atoms. The van der Waals surface area contributed by atoms with Gasteiger partial charge in [0, 0.05) is 63.5 Å². The van der Waals surface area contributed by atoms with E-state index in [1.54, 1.807) is 7.11 Å². The van der Waals surface area contributed by atoms with Gasteiger partial charge in [0.1, 0.15) is 12.4 Å². The second-order valence-electron chi connectivity index (χ2n) is 11.4. The van der Waals surface area contributed by atoms with Crippen molar-refractivity contribution in [2.45, 2.75) is 25.7 Å². The van der Waals surface area contributed by atoms with Gasteiger partial charge in [-0.3, -0.25) is 4.79 Å². The molecule has 2 amide bonds. The number of fused-ring (bicyclic) bond motifs is 1. The molecule has 0 radical (unpaired) electrons. The number of nitrogens with zero attached hydrogens (tertiary/aromatic N) is 4. The van der Waals surface area contributed by atoms with Crippen molar-refractivity contribution >= 4 is 28.7 Å². The summed E-state index contributed by atoms with van der Waals surface area (Å²) in [5.41, 5.74) is 3.05. The van der Waals surface area contributed by atoms with Gasteiger partial charge in [0.25, 0.3) is 5.91 Å². The highest BCUT2D eigenvalue weighted by molar-refractivity contribution is 6.07. The number of piperazine rings is 1. The van der Waals surface area contributed by atoms with Crippen molar-refractivity contribution in [2.75, 3.05) is 71.5 Å². The first-order valence-electron chi connectivity index (χ1n) is 15.0. The van der Waals surface area contributed by atoms with Crippen molar-refractivity contribution in [3.63, 3.8) is 0 Å². The fraction of sp³-hybridized carbons (Fsp3) is 0.500. The molecule has 0 unspecified atom stereocenters. The number of ether oxygens (including phenoxy) is 2. The number of para-hydroxylation sites is 1. The number of methoxy groups -OCH3 is 1. The third-order valence-corrected chi connectivity index (χ3v) is 8.41. The zero-order valence-electron chi connectivity index (χ0n) is 24.7. The van der Waals surface area contributed by atoms with Gasteiger partial charge in [0.05, 0.1) is 23.4 Å². The lowest BCUT2D eigenvalue weighted by atomic mass is 9.82. The van der Waals surface area contributed by atoms with Gasteiger partial charge in [0.2, 0.25) is 0 Å². The first-order valence-corrected chi connectivity index (χ1v) is 15.0. The molecule has 1 saturated carbocycles. The summed E-state index contributed by atoms with van der Waals surface area (Å²) in [7, 11) is 3.72. The van der Waals surface area contributed by atoms with Crippen LogP contribution in [0.3, 0.4) is 0 Å². The number of aromatic nitrogens is 2. The molecular weight excluding hydrogens is 532 g/mol. The molecule has 2 aromatic heterocycles. The van der Waals surface area contributed by atoms with E-state index in [1.165, 1.54) is 0 Å². The third kappa shape index (κ3) is 7.74. The maximum absolute atomic E-state index is 13.5. The van der Waals surface area contributed by atoms with E-state index in [4.69, 9.17) is 19.4 Å². The number of nitrogens with one attached hydrogen (secondary N) is 2. The van der Waals surface area contributed by atoms with Gasteiger partial charge in [-0.15, -0.1) is 0 Å². The molecule has 224 valence electrons. The molecule has 1 saturated heterocycles. The Morgan fingerprint density at radius 3 is 2.33 bits per heavy atom. The minimum atomic E-state index is -0.396. The maximum Gasteiger partial charge on any atom is 0.407 e. The van der Waals surface area contributed by atoms with Crippen molar-refractivity contribution in [1.29, 1.82) is 0 Å². The summed E-state index contributed by atoms with van der Waals surface area (Å²) in [5.74, 6) is 1.73. The van der Waals surface area contributed by atoms with E-state index in [9.17, 15) is 9.59 Å². The lowest BCUT2D eigenvalue weighted by molar-refractivity contribution is 0.0935. The summed E-state index contributed by atoms with van der Waals surface area (Å²) in [5, 5.41) is 6.89. The SMILES string of the molecule is COCCOC(=O)NCC1CCC(CNC(=O)c2cc(-c3ccc(N4CCN(C)CC4)nc3)nc3ccccc23)CC1. The number of hydrogen-bond donors (Lipinski definition) is 2. The van der Waals surface area contributed by atoms with Crippen LogP contribution in [0, 0.1) is 11.8 Å². The highest BCUT2D eigenvalue weighted by Gasteiger charge is 2.23. The summed E-state index contributed by atoms with van der Waals surface area (Å²) >= 11 is 0. The molecule has 2 aliphatic rings. The van der Waals surface area contributed by atoms with Gasteiger partial charge in [-0.2, -0.15) is 0 Å². The van der Waals surface area contributed by atoms with E-state index >= 15 is 0 Å². The summed E-state index contributed by atoms with van der Waals surface area (Å²) in [4.78, 5) is 39.5. The molecule has 10 nitrogen and oxygen atoms in total. The molecule has 1 aromatic carbocycles. The van der Waals surface area contributed by atoms with Crippen LogP contribution in [0.15, 0.2) is 48.7 Å². The Hall–Kier alpha value is -3.76. The zero-order chi connectivity index (χ0) is 29.3. The molecule has 1 aliphatic heterocycles. The highest BCUT2D eigenvalue weighted by atomic mass is 16.6. The Morgan fingerprint density at radius 2 is 1.64 bits per heavy atom. The molecule has 5 rings (SSSR count). The van der Waals surface area contributed by atoms with Gasteiger partial charge in [-0.05, 0) is 68.8 Å². The van der Waals surface area contributed by atoms with Crippen molar-refractivity contribution in [3.05, 3.63) is 54.2 Å². The number of carbonyl (C=O) groups excluding carboxylic acids is 2.